The van der Waals surface area contributed by atoms with E-state index in [-0.39, 0.29) is 0 Å². The predicted octanol–water partition coefficient (Wildman–Crippen LogP) is 2.00. The van der Waals surface area contributed by atoms with Crippen molar-refractivity contribution in [3.05, 3.63) is 28.8 Å². The molecule has 0 radical (unpaired) electrons. The summed E-state index contributed by atoms with van der Waals surface area (Å²) in [6.45, 7) is 3.84. The van der Waals surface area contributed by atoms with Gasteiger partial charge in [-0.3, -0.25) is 4.72 Å². The molecule has 4 nitrogen and oxygen atoms in total. The van der Waals surface area contributed by atoms with Crippen LogP contribution in [0.5, 0.6) is 0 Å². The summed E-state index contributed by atoms with van der Waals surface area (Å²) < 4.78 is 26.5. The van der Waals surface area contributed by atoms with E-state index in [9.17, 15) is 8.42 Å². The number of aryl methyl sites for hydroxylation is 1. The summed E-state index contributed by atoms with van der Waals surface area (Å²) in [6, 6.07) is 5.26. The van der Waals surface area contributed by atoms with Crippen LogP contribution < -0.4 is 10.0 Å². The van der Waals surface area contributed by atoms with Gasteiger partial charge in [0.2, 0.25) is 10.0 Å². The zero-order valence-corrected chi connectivity index (χ0v) is 11.7. The first-order valence-electron chi connectivity index (χ1n) is 5.30. The summed E-state index contributed by atoms with van der Waals surface area (Å²) in [4.78, 5) is 0. The van der Waals surface area contributed by atoms with Crippen molar-refractivity contribution >= 4 is 27.3 Å². The van der Waals surface area contributed by atoms with Gasteiger partial charge in [-0.05, 0) is 32.5 Å². The van der Waals surface area contributed by atoms with Gasteiger partial charge < -0.3 is 5.32 Å². The molecule has 0 amide bonds. The number of nitrogens with one attached hydrogen (secondary N) is 2. The second-order valence-electron chi connectivity index (χ2n) is 3.95. The molecule has 0 heterocycles. The van der Waals surface area contributed by atoms with Gasteiger partial charge in [-0.1, -0.05) is 23.7 Å². The van der Waals surface area contributed by atoms with E-state index < -0.39 is 15.3 Å². The van der Waals surface area contributed by atoms with E-state index in [2.05, 4.69) is 10.0 Å². The number of rotatable bonds is 5. The molecule has 0 spiro atoms. The molecule has 0 saturated heterocycles. The monoisotopic (exact) mass is 276 g/mol. The minimum absolute atomic E-state index is 0.388. The Kier molecular flexibility index (Phi) is 4.80. The first kappa shape index (κ1) is 14.3. The Morgan fingerprint density at radius 3 is 2.59 bits per heavy atom. The Morgan fingerprint density at radius 2 is 2.06 bits per heavy atom. The molecule has 0 bridgehead atoms. The van der Waals surface area contributed by atoms with Crippen LogP contribution in [0.15, 0.2) is 18.2 Å². The normalized spacial score (nSPS) is 13.4. The highest BCUT2D eigenvalue weighted by Crippen LogP contribution is 2.26. The maximum absolute atomic E-state index is 12.0. The molecule has 0 aliphatic carbocycles. The fourth-order valence-corrected chi connectivity index (χ4v) is 2.87. The standard InChI is InChI=1S/C11H17ClN2O2S/c1-8-5-4-6-10(12)11(8)14-17(15,16)9(2)7-13-3/h4-6,9,13-14H,7H2,1-3H3. The van der Waals surface area contributed by atoms with Crippen LogP contribution >= 0.6 is 11.6 Å². The second-order valence-corrected chi connectivity index (χ2v) is 6.45. The molecule has 0 aromatic heterocycles. The Bertz CT molecular complexity index is 468. The van der Waals surface area contributed by atoms with Crippen molar-refractivity contribution in [2.24, 2.45) is 0 Å². The molecular weight excluding hydrogens is 260 g/mol. The first-order chi connectivity index (χ1) is 7.88. The van der Waals surface area contributed by atoms with Crippen LogP contribution in [0.3, 0.4) is 0 Å². The molecule has 6 heteroatoms. The lowest BCUT2D eigenvalue weighted by Crippen LogP contribution is -2.33. The molecule has 0 aliphatic rings. The van der Waals surface area contributed by atoms with Gasteiger partial charge in [0.05, 0.1) is 16.0 Å². The minimum atomic E-state index is -3.42. The van der Waals surface area contributed by atoms with Crippen LogP contribution in [-0.4, -0.2) is 27.3 Å². The summed E-state index contributed by atoms with van der Waals surface area (Å²) in [7, 11) is -1.70. The van der Waals surface area contributed by atoms with Gasteiger partial charge in [0.1, 0.15) is 0 Å². The molecule has 0 aliphatic heterocycles. The van der Waals surface area contributed by atoms with Crippen LogP contribution in [-0.2, 0) is 10.0 Å². The Labute approximate surface area is 107 Å². The first-order valence-corrected chi connectivity index (χ1v) is 7.22. The van der Waals surface area contributed by atoms with Crippen LogP contribution in [0, 0.1) is 6.92 Å². The summed E-state index contributed by atoms with van der Waals surface area (Å²) in [5, 5.41) is 2.72. The number of hydrogen-bond acceptors (Lipinski definition) is 3. The van der Waals surface area contributed by atoms with E-state index in [0.717, 1.165) is 5.56 Å². The fraction of sp³-hybridized carbons (Fsp3) is 0.455. The Balaban J connectivity index is 2.98. The van der Waals surface area contributed by atoms with Gasteiger partial charge in [-0.25, -0.2) is 8.42 Å². The van der Waals surface area contributed by atoms with Crippen LogP contribution in [0.1, 0.15) is 12.5 Å². The topological polar surface area (TPSA) is 58.2 Å². The third kappa shape index (κ3) is 3.59. The van der Waals surface area contributed by atoms with Crippen molar-refractivity contribution in [2.45, 2.75) is 19.1 Å². The lowest BCUT2D eigenvalue weighted by Gasteiger charge is -2.16. The third-order valence-electron chi connectivity index (χ3n) is 2.49. The molecular formula is C11H17ClN2O2S. The van der Waals surface area contributed by atoms with Crippen molar-refractivity contribution in [1.82, 2.24) is 5.32 Å². The Hall–Kier alpha value is -0.780. The maximum atomic E-state index is 12.0. The molecule has 0 fully saturated rings. The van der Waals surface area contributed by atoms with E-state index in [4.69, 9.17) is 11.6 Å². The number of sulfonamides is 1. The van der Waals surface area contributed by atoms with Crippen LogP contribution in [0.4, 0.5) is 5.69 Å². The number of para-hydroxylation sites is 1. The molecule has 17 heavy (non-hydrogen) atoms. The quantitative estimate of drug-likeness (QED) is 0.865. The van der Waals surface area contributed by atoms with Gasteiger partial charge in [-0.15, -0.1) is 0 Å². The van der Waals surface area contributed by atoms with Gasteiger partial charge >= 0.3 is 0 Å². The highest BCUT2D eigenvalue weighted by atomic mass is 35.5. The van der Waals surface area contributed by atoms with Gasteiger partial charge in [0, 0.05) is 6.54 Å². The lowest BCUT2D eigenvalue weighted by atomic mass is 10.2. The second kappa shape index (κ2) is 5.71. The zero-order chi connectivity index (χ0) is 13.1. The highest BCUT2D eigenvalue weighted by molar-refractivity contribution is 7.93. The third-order valence-corrected chi connectivity index (χ3v) is 4.52. The fourth-order valence-electron chi connectivity index (χ4n) is 1.40. The van der Waals surface area contributed by atoms with Gasteiger partial charge in [0.25, 0.3) is 0 Å². The largest absolute Gasteiger partial charge is 0.318 e. The molecule has 1 aromatic carbocycles. The predicted molar refractivity (Wildman–Crippen MR) is 72.1 cm³/mol. The minimum Gasteiger partial charge on any atom is -0.318 e. The average Bonchev–Trinajstić information content (AvgIpc) is 2.24. The number of hydrogen-bond donors (Lipinski definition) is 2. The van der Waals surface area contributed by atoms with E-state index in [1.165, 1.54) is 0 Å². The molecule has 1 rings (SSSR count). The maximum Gasteiger partial charge on any atom is 0.236 e. The van der Waals surface area contributed by atoms with E-state index in [1.54, 1.807) is 26.1 Å². The van der Waals surface area contributed by atoms with Crippen molar-refractivity contribution in [3.63, 3.8) is 0 Å². The summed E-state index contributed by atoms with van der Waals surface area (Å²) >= 11 is 5.97. The average molecular weight is 277 g/mol. The summed E-state index contributed by atoms with van der Waals surface area (Å²) in [5.41, 5.74) is 1.26. The van der Waals surface area contributed by atoms with Crippen LogP contribution in [0.2, 0.25) is 5.02 Å². The number of halogens is 1. The van der Waals surface area contributed by atoms with E-state index in [0.29, 0.717) is 17.3 Å². The number of benzene rings is 1. The highest BCUT2D eigenvalue weighted by Gasteiger charge is 2.21. The molecule has 1 aromatic rings. The van der Waals surface area contributed by atoms with Crippen molar-refractivity contribution in [2.75, 3.05) is 18.3 Å². The van der Waals surface area contributed by atoms with Crippen molar-refractivity contribution in [3.8, 4) is 0 Å². The molecule has 1 unspecified atom stereocenters. The van der Waals surface area contributed by atoms with Crippen molar-refractivity contribution < 1.29 is 8.42 Å². The van der Waals surface area contributed by atoms with Gasteiger partial charge in [0.15, 0.2) is 0 Å². The SMILES string of the molecule is CNCC(C)S(=O)(=O)Nc1c(C)cccc1Cl. The molecule has 0 saturated carbocycles. The molecule has 2 N–H and O–H groups in total. The van der Waals surface area contributed by atoms with E-state index in [1.807, 2.05) is 13.0 Å². The Morgan fingerprint density at radius 1 is 1.41 bits per heavy atom. The van der Waals surface area contributed by atoms with Crippen LogP contribution in [0.25, 0.3) is 0 Å². The number of anilines is 1. The molecule has 96 valence electrons. The van der Waals surface area contributed by atoms with Gasteiger partial charge in [-0.2, -0.15) is 0 Å². The summed E-state index contributed by atoms with van der Waals surface area (Å²) in [5.74, 6) is 0. The van der Waals surface area contributed by atoms with Crippen molar-refractivity contribution in [1.29, 1.82) is 0 Å². The summed E-state index contributed by atoms with van der Waals surface area (Å²) in [6.07, 6.45) is 0. The van der Waals surface area contributed by atoms with E-state index >= 15 is 0 Å². The smallest absolute Gasteiger partial charge is 0.236 e. The zero-order valence-electron chi connectivity index (χ0n) is 10.1. The molecule has 1 atom stereocenters. The lowest BCUT2D eigenvalue weighted by molar-refractivity contribution is 0.583.